The molecule has 0 saturated carbocycles. The number of anilines is 1. The highest BCUT2D eigenvalue weighted by molar-refractivity contribution is 5.62. The normalized spacial score (nSPS) is 24.3. The van der Waals surface area contributed by atoms with Crippen LogP contribution < -0.4 is 4.90 Å². The number of piperidine rings is 1. The maximum absolute atomic E-state index is 10.4. The zero-order valence-corrected chi connectivity index (χ0v) is 17.9. The summed E-state index contributed by atoms with van der Waals surface area (Å²) in [6.45, 7) is 10.0. The maximum atomic E-state index is 10.4. The van der Waals surface area contributed by atoms with Gasteiger partial charge >= 0.3 is 0 Å². The average Bonchev–Trinajstić information content (AvgIpc) is 2.68. The van der Waals surface area contributed by atoms with Crippen LogP contribution in [-0.2, 0) is 4.74 Å². The van der Waals surface area contributed by atoms with E-state index >= 15 is 0 Å². The molecule has 0 radical (unpaired) electrons. The summed E-state index contributed by atoms with van der Waals surface area (Å²) in [7, 11) is 0. The number of aryl methyl sites for hydroxylation is 2. The Bertz CT molecular complexity index is 862. The van der Waals surface area contributed by atoms with Crippen molar-refractivity contribution in [3.05, 3.63) is 35.8 Å². The predicted octanol–water partition coefficient (Wildman–Crippen LogP) is 3.69. The fourth-order valence-electron chi connectivity index (χ4n) is 4.65. The minimum atomic E-state index is -0.265. The molecule has 1 spiro atoms. The van der Waals surface area contributed by atoms with Gasteiger partial charge in [-0.25, -0.2) is 9.97 Å². The molecule has 0 unspecified atom stereocenters. The molecule has 4 rings (SSSR count). The number of aromatic nitrogens is 3. The lowest BCUT2D eigenvalue weighted by atomic mass is 9.80. The molecule has 2 aliphatic heterocycles. The fourth-order valence-corrected chi connectivity index (χ4v) is 4.65. The lowest BCUT2D eigenvalue weighted by Gasteiger charge is -2.48. The highest BCUT2D eigenvalue weighted by Gasteiger charge is 2.44. The highest BCUT2D eigenvalue weighted by atomic mass is 16.5. The lowest BCUT2D eigenvalue weighted by Crippen LogP contribution is -2.54. The minimum Gasteiger partial charge on any atom is -0.393 e. The summed E-state index contributed by atoms with van der Waals surface area (Å²) in [5.41, 5.74) is 3.74. The Morgan fingerprint density at radius 2 is 1.90 bits per heavy atom. The van der Waals surface area contributed by atoms with Gasteiger partial charge in [0.1, 0.15) is 0 Å². The van der Waals surface area contributed by atoms with E-state index in [1.54, 1.807) is 0 Å². The molecule has 4 heterocycles. The third-order valence-corrected chi connectivity index (χ3v) is 6.36. The van der Waals surface area contributed by atoms with Crippen molar-refractivity contribution in [2.75, 3.05) is 18.0 Å². The number of hydrogen-bond donors (Lipinski definition) is 1. The van der Waals surface area contributed by atoms with Crippen LogP contribution >= 0.6 is 0 Å². The van der Waals surface area contributed by atoms with Gasteiger partial charge < -0.3 is 14.7 Å². The monoisotopic (exact) mass is 396 g/mol. The summed E-state index contributed by atoms with van der Waals surface area (Å²) >= 11 is 0. The van der Waals surface area contributed by atoms with Gasteiger partial charge in [0, 0.05) is 42.7 Å². The van der Waals surface area contributed by atoms with Gasteiger partial charge in [-0.15, -0.1) is 0 Å². The second-order valence-corrected chi connectivity index (χ2v) is 8.99. The van der Waals surface area contributed by atoms with Crippen LogP contribution in [0.2, 0.25) is 0 Å². The van der Waals surface area contributed by atoms with E-state index in [9.17, 15) is 5.11 Å². The van der Waals surface area contributed by atoms with Crippen LogP contribution in [0.25, 0.3) is 11.3 Å². The van der Waals surface area contributed by atoms with Crippen LogP contribution in [0.1, 0.15) is 50.9 Å². The van der Waals surface area contributed by atoms with Gasteiger partial charge in [0.15, 0.2) is 0 Å². The van der Waals surface area contributed by atoms with Crippen LogP contribution in [0.5, 0.6) is 0 Å². The molecule has 0 bridgehead atoms. The Kier molecular flexibility index (Phi) is 5.58. The summed E-state index contributed by atoms with van der Waals surface area (Å²) in [6, 6.07) is 6.05. The van der Waals surface area contributed by atoms with Gasteiger partial charge in [0.05, 0.1) is 23.5 Å². The molecule has 2 atom stereocenters. The molecule has 0 amide bonds. The zero-order valence-electron chi connectivity index (χ0n) is 17.9. The largest absolute Gasteiger partial charge is 0.393 e. The van der Waals surface area contributed by atoms with Crippen molar-refractivity contribution >= 4 is 5.95 Å². The molecule has 2 aromatic rings. The molecule has 0 aromatic carbocycles. The molecule has 156 valence electrons. The second-order valence-electron chi connectivity index (χ2n) is 8.99. The van der Waals surface area contributed by atoms with Gasteiger partial charge in [-0.2, -0.15) is 0 Å². The predicted molar refractivity (Wildman–Crippen MR) is 114 cm³/mol. The molecule has 2 aromatic heterocycles. The molecule has 2 saturated heterocycles. The first-order valence-corrected chi connectivity index (χ1v) is 10.7. The van der Waals surface area contributed by atoms with E-state index in [0.717, 1.165) is 67.4 Å². The highest BCUT2D eigenvalue weighted by Crippen LogP contribution is 2.40. The Morgan fingerprint density at radius 1 is 1.14 bits per heavy atom. The first kappa shape index (κ1) is 20.2. The van der Waals surface area contributed by atoms with Crippen molar-refractivity contribution in [3.63, 3.8) is 0 Å². The summed E-state index contributed by atoms with van der Waals surface area (Å²) in [4.78, 5) is 16.2. The molecule has 29 heavy (non-hydrogen) atoms. The van der Waals surface area contributed by atoms with E-state index in [1.165, 1.54) is 0 Å². The number of hydrogen-bond acceptors (Lipinski definition) is 6. The third-order valence-electron chi connectivity index (χ3n) is 6.36. The molecule has 1 N–H and O–H groups in total. The van der Waals surface area contributed by atoms with Crippen molar-refractivity contribution in [3.8, 4) is 11.3 Å². The molecule has 6 heteroatoms. The Balaban J connectivity index is 1.49. The summed E-state index contributed by atoms with van der Waals surface area (Å²) in [5, 5.41) is 10.4. The van der Waals surface area contributed by atoms with Crippen molar-refractivity contribution in [2.45, 2.75) is 71.2 Å². The summed E-state index contributed by atoms with van der Waals surface area (Å²) in [6.07, 6.45) is 4.98. The molecule has 6 nitrogen and oxygen atoms in total. The molecule has 0 aliphatic carbocycles. The van der Waals surface area contributed by atoms with Crippen LogP contribution in [0.4, 0.5) is 5.95 Å². The Labute approximate surface area is 173 Å². The molecule has 2 aliphatic rings. The van der Waals surface area contributed by atoms with Gasteiger partial charge in [-0.3, -0.25) is 4.98 Å². The quantitative estimate of drug-likeness (QED) is 0.853. The smallest absolute Gasteiger partial charge is 0.225 e. The van der Waals surface area contributed by atoms with Gasteiger partial charge in [0.2, 0.25) is 5.95 Å². The first-order chi connectivity index (χ1) is 13.8. The van der Waals surface area contributed by atoms with Crippen molar-refractivity contribution in [1.29, 1.82) is 0 Å². The van der Waals surface area contributed by atoms with Gasteiger partial charge in [0.25, 0.3) is 0 Å². The number of rotatable bonds is 3. The zero-order chi connectivity index (χ0) is 20.6. The van der Waals surface area contributed by atoms with Crippen LogP contribution in [0, 0.1) is 19.8 Å². The van der Waals surface area contributed by atoms with Gasteiger partial charge in [-0.05, 0) is 57.2 Å². The lowest BCUT2D eigenvalue weighted by molar-refractivity contribution is -0.183. The van der Waals surface area contributed by atoms with Crippen LogP contribution in [0.3, 0.4) is 0 Å². The first-order valence-electron chi connectivity index (χ1n) is 10.7. The number of pyridine rings is 1. The summed E-state index contributed by atoms with van der Waals surface area (Å²) < 4.78 is 6.52. The topological polar surface area (TPSA) is 71.4 Å². The van der Waals surface area contributed by atoms with E-state index in [2.05, 4.69) is 34.8 Å². The van der Waals surface area contributed by atoms with Crippen molar-refractivity contribution < 1.29 is 9.84 Å². The van der Waals surface area contributed by atoms with Crippen molar-refractivity contribution in [2.24, 2.45) is 5.92 Å². The van der Waals surface area contributed by atoms with E-state index < -0.39 is 0 Å². The second kappa shape index (κ2) is 8.00. The number of ether oxygens (including phenoxy) is 1. The molecular formula is C23H32N4O2. The van der Waals surface area contributed by atoms with Crippen LogP contribution in [0.15, 0.2) is 24.4 Å². The standard InChI is InChI=1S/C23H32N4O2/c1-15(2)21-13-18(28)14-23(29-21)8-11-27(12-9-23)22-24-10-7-20(26-22)19-6-5-16(3)25-17(19)4/h5-7,10,15,18,21,28H,8-9,11-14H2,1-4H3/t18-,21-/m1/s1. The van der Waals surface area contributed by atoms with Crippen LogP contribution in [-0.4, -0.2) is 51.0 Å². The molecule has 2 fully saturated rings. The van der Waals surface area contributed by atoms with Gasteiger partial charge in [-0.1, -0.05) is 13.8 Å². The Morgan fingerprint density at radius 3 is 2.59 bits per heavy atom. The third kappa shape index (κ3) is 4.28. The van der Waals surface area contributed by atoms with E-state index in [1.807, 2.05) is 32.2 Å². The fraction of sp³-hybridized carbons (Fsp3) is 0.609. The number of aliphatic hydroxyl groups is 1. The van der Waals surface area contributed by atoms with Crippen molar-refractivity contribution in [1.82, 2.24) is 15.0 Å². The average molecular weight is 397 g/mol. The SMILES string of the molecule is Cc1ccc(-c2ccnc(N3CCC4(CC3)C[C@H](O)C[C@H](C(C)C)O4)n2)c(C)n1. The number of aliphatic hydroxyl groups excluding tert-OH is 1. The van der Waals surface area contributed by atoms with E-state index in [-0.39, 0.29) is 17.8 Å². The van der Waals surface area contributed by atoms with E-state index in [0.29, 0.717) is 5.92 Å². The minimum absolute atomic E-state index is 0.141. The maximum Gasteiger partial charge on any atom is 0.225 e. The molecular weight excluding hydrogens is 364 g/mol. The Hall–Kier alpha value is -2.05. The number of nitrogens with zero attached hydrogens (tertiary/aromatic N) is 4. The van der Waals surface area contributed by atoms with E-state index in [4.69, 9.17) is 9.72 Å². The summed E-state index contributed by atoms with van der Waals surface area (Å²) in [5.74, 6) is 1.18.